The molecule has 0 aliphatic rings. The van der Waals surface area contributed by atoms with Crippen molar-refractivity contribution in [3.05, 3.63) is 84.1 Å². The lowest BCUT2D eigenvalue weighted by atomic mass is 10.2. The summed E-state index contributed by atoms with van der Waals surface area (Å²) in [7, 11) is 0. The van der Waals surface area contributed by atoms with Gasteiger partial charge in [0.05, 0.1) is 6.21 Å². The van der Waals surface area contributed by atoms with Crippen molar-refractivity contribution in [2.24, 2.45) is 5.10 Å². The summed E-state index contributed by atoms with van der Waals surface area (Å²) < 4.78 is 5.64. The molecule has 5 heteroatoms. The molecule has 3 aromatic rings. The summed E-state index contributed by atoms with van der Waals surface area (Å²) in [6, 6.07) is 22.6. The highest BCUT2D eigenvalue weighted by Crippen LogP contribution is 2.28. The zero-order valence-electron chi connectivity index (χ0n) is 12.2. The van der Waals surface area contributed by atoms with Crippen molar-refractivity contribution >= 4 is 23.9 Å². The smallest absolute Gasteiger partial charge is 0.271 e. The van der Waals surface area contributed by atoms with E-state index in [1.54, 1.807) is 24.3 Å². The van der Waals surface area contributed by atoms with Gasteiger partial charge in [-0.3, -0.25) is 4.79 Å². The van der Waals surface area contributed by atoms with Crippen molar-refractivity contribution in [2.45, 2.75) is 9.99 Å². The second kappa shape index (κ2) is 7.47. The van der Waals surface area contributed by atoms with E-state index in [0.717, 1.165) is 9.99 Å². The first-order valence-corrected chi connectivity index (χ1v) is 7.84. The van der Waals surface area contributed by atoms with Crippen molar-refractivity contribution in [3.63, 3.8) is 0 Å². The van der Waals surface area contributed by atoms with Crippen LogP contribution in [0.2, 0.25) is 0 Å². The maximum Gasteiger partial charge on any atom is 0.271 e. The Morgan fingerprint density at radius 1 is 0.957 bits per heavy atom. The van der Waals surface area contributed by atoms with Gasteiger partial charge in [0.15, 0.2) is 5.09 Å². The van der Waals surface area contributed by atoms with E-state index < -0.39 is 0 Å². The summed E-state index contributed by atoms with van der Waals surface area (Å²) in [6.07, 6.45) is 1.48. The van der Waals surface area contributed by atoms with Gasteiger partial charge < -0.3 is 4.42 Å². The van der Waals surface area contributed by atoms with Crippen molar-refractivity contribution in [1.29, 1.82) is 0 Å². The maximum absolute atomic E-state index is 11.8. The third-order valence-corrected chi connectivity index (χ3v) is 3.89. The third kappa shape index (κ3) is 4.34. The molecule has 23 heavy (non-hydrogen) atoms. The minimum absolute atomic E-state index is 0.257. The van der Waals surface area contributed by atoms with Gasteiger partial charge in [-0.1, -0.05) is 48.2 Å². The Kier molecular flexibility index (Phi) is 4.91. The molecule has 1 heterocycles. The number of nitrogens with zero attached hydrogens (tertiary/aromatic N) is 1. The molecule has 0 fully saturated rings. The zero-order chi connectivity index (χ0) is 15.9. The highest BCUT2D eigenvalue weighted by atomic mass is 32.2. The number of hydrogen-bond acceptors (Lipinski definition) is 4. The minimum atomic E-state index is -0.257. The van der Waals surface area contributed by atoms with Crippen LogP contribution >= 0.6 is 11.8 Å². The van der Waals surface area contributed by atoms with E-state index in [1.807, 2.05) is 48.5 Å². The molecule has 0 bridgehead atoms. The number of benzene rings is 2. The number of hydrogen-bond donors (Lipinski definition) is 1. The van der Waals surface area contributed by atoms with E-state index >= 15 is 0 Å². The number of rotatable bonds is 5. The second-order valence-electron chi connectivity index (χ2n) is 4.64. The van der Waals surface area contributed by atoms with Gasteiger partial charge in [-0.2, -0.15) is 5.10 Å². The lowest BCUT2D eigenvalue weighted by molar-refractivity contribution is 0.0955. The van der Waals surface area contributed by atoms with Crippen LogP contribution in [0.3, 0.4) is 0 Å². The van der Waals surface area contributed by atoms with Crippen LogP contribution in [-0.2, 0) is 0 Å². The minimum Gasteiger partial charge on any atom is -0.448 e. The molecule has 1 amide bonds. The summed E-state index contributed by atoms with van der Waals surface area (Å²) in [5.41, 5.74) is 3.03. The lowest BCUT2D eigenvalue weighted by Gasteiger charge is -1.98. The SMILES string of the molecule is O=C(N/N=C\c1ccc(Sc2ccccc2)o1)c1ccccc1. The molecule has 114 valence electrons. The molecule has 3 rings (SSSR count). The standard InChI is InChI=1S/C18H14N2O2S/c21-18(14-7-3-1-4-8-14)20-19-13-15-11-12-17(22-15)23-16-9-5-2-6-10-16/h1-13H,(H,20,21)/b19-13-. The van der Waals surface area contributed by atoms with E-state index in [-0.39, 0.29) is 5.91 Å². The van der Waals surface area contributed by atoms with Gasteiger partial charge in [-0.15, -0.1) is 0 Å². The second-order valence-corrected chi connectivity index (χ2v) is 5.71. The van der Waals surface area contributed by atoms with E-state index in [4.69, 9.17) is 4.42 Å². The van der Waals surface area contributed by atoms with Crippen LogP contribution < -0.4 is 5.43 Å². The van der Waals surface area contributed by atoms with Crippen molar-refractivity contribution in [1.82, 2.24) is 5.43 Å². The molecule has 0 saturated carbocycles. The average molecular weight is 322 g/mol. The Labute approximate surface area is 138 Å². The fraction of sp³-hybridized carbons (Fsp3) is 0. The number of carbonyl (C=O) groups is 1. The van der Waals surface area contributed by atoms with Gasteiger partial charge in [0, 0.05) is 10.5 Å². The molecule has 0 saturated heterocycles. The van der Waals surface area contributed by atoms with E-state index in [9.17, 15) is 4.79 Å². The van der Waals surface area contributed by atoms with Crippen LogP contribution in [0.15, 0.2) is 92.3 Å². The fourth-order valence-electron chi connectivity index (χ4n) is 1.87. The van der Waals surface area contributed by atoms with Gasteiger partial charge in [0.2, 0.25) is 0 Å². The Balaban J connectivity index is 1.57. The highest BCUT2D eigenvalue weighted by Gasteiger charge is 2.04. The summed E-state index contributed by atoms with van der Waals surface area (Å²) in [6.45, 7) is 0. The number of carbonyl (C=O) groups excluding carboxylic acids is 1. The molecular weight excluding hydrogens is 308 g/mol. The van der Waals surface area contributed by atoms with Crippen LogP contribution in [0.25, 0.3) is 0 Å². The number of amides is 1. The van der Waals surface area contributed by atoms with Crippen LogP contribution in [0.4, 0.5) is 0 Å². The summed E-state index contributed by atoms with van der Waals surface area (Å²) >= 11 is 1.53. The predicted molar refractivity (Wildman–Crippen MR) is 90.8 cm³/mol. The molecule has 1 N–H and O–H groups in total. The first-order chi connectivity index (χ1) is 11.3. The Morgan fingerprint density at radius 2 is 1.65 bits per heavy atom. The molecule has 0 aliphatic heterocycles. The maximum atomic E-state index is 11.8. The molecule has 0 aliphatic carbocycles. The number of hydrazone groups is 1. The molecule has 0 atom stereocenters. The van der Waals surface area contributed by atoms with Crippen LogP contribution in [0.1, 0.15) is 16.1 Å². The van der Waals surface area contributed by atoms with Crippen molar-refractivity contribution < 1.29 is 9.21 Å². The molecule has 1 aromatic heterocycles. The fourth-order valence-corrected chi connectivity index (χ4v) is 2.67. The van der Waals surface area contributed by atoms with Crippen molar-refractivity contribution in [3.8, 4) is 0 Å². The van der Waals surface area contributed by atoms with E-state index in [2.05, 4.69) is 10.5 Å². The molecule has 2 aromatic carbocycles. The lowest BCUT2D eigenvalue weighted by Crippen LogP contribution is -2.17. The molecule has 0 spiro atoms. The van der Waals surface area contributed by atoms with Gasteiger partial charge >= 0.3 is 0 Å². The summed E-state index contributed by atoms with van der Waals surface area (Å²) in [5, 5.41) is 4.68. The van der Waals surface area contributed by atoms with Crippen LogP contribution in [0.5, 0.6) is 0 Å². The number of nitrogens with one attached hydrogen (secondary N) is 1. The van der Waals surface area contributed by atoms with Crippen molar-refractivity contribution in [2.75, 3.05) is 0 Å². The molecule has 4 nitrogen and oxygen atoms in total. The quantitative estimate of drug-likeness (QED) is 0.566. The van der Waals surface area contributed by atoms with Gasteiger partial charge in [0.1, 0.15) is 5.76 Å². The molecular formula is C18H14N2O2S. The first-order valence-electron chi connectivity index (χ1n) is 7.02. The van der Waals surface area contributed by atoms with E-state index in [0.29, 0.717) is 11.3 Å². The van der Waals surface area contributed by atoms with Gasteiger partial charge in [0.25, 0.3) is 5.91 Å². The monoisotopic (exact) mass is 322 g/mol. The van der Waals surface area contributed by atoms with Gasteiger partial charge in [-0.25, -0.2) is 5.43 Å². The summed E-state index contributed by atoms with van der Waals surface area (Å²) in [4.78, 5) is 12.9. The average Bonchev–Trinajstić information content (AvgIpc) is 3.04. The number of furan rings is 1. The Hall–Kier alpha value is -2.79. The van der Waals surface area contributed by atoms with Crippen LogP contribution in [-0.4, -0.2) is 12.1 Å². The third-order valence-electron chi connectivity index (χ3n) is 2.96. The zero-order valence-corrected chi connectivity index (χ0v) is 13.0. The van der Waals surface area contributed by atoms with Gasteiger partial charge in [-0.05, 0) is 36.4 Å². The summed E-state index contributed by atoms with van der Waals surface area (Å²) in [5.74, 6) is 0.323. The molecule has 0 radical (unpaired) electrons. The predicted octanol–water partition coefficient (Wildman–Crippen LogP) is 4.19. The van der Waals surface area contributed by atoms with E-state index in [1.165, 1.54) is 18.0 Å². The highest BCUT2D eigenvalue weighted by molar-refractivity contribution is 7.99. The molecule has 0 unspecified atom stereocenters. The largest absolute Gasteiger partial charge is 0.448 e. The van der Waals surface area contributed by atoms with Crippen LogP contribution in [0, 0.1) is 0 Å². The topological polar surface area (TPSA) is 54.6 Å². The first kappa shape index (κ1) is 15.1. The Morgan fingerprint density at radius 3 is 2.39 bits per heavy atom. The normalized spacial score (nSPS) is 10.8. The Bertz CT molecular complexity index is 798.